The molecule has 0 aliphatic rings. The van der Waals surface area contributed by atoms with E-state index in [9.17, 15) is 9.59 Å². The number of rotatable bonds is 5. The van der Waals surface area contributed by atoms with Gasteiger partial charge in [-0.15, -0.1) is 11.3 Å². The number of carbonyl (C=O) groups is 2. The summed E-state index contributed by atoms with van der Waals surface area (Å²) in [4.78, 5) is 30.3. The number of anilines is 2. The van der Waals surface area contributed by atoms with E-state index in [0.717, 1.165) is 16.8 Å². The summed E-state index contributed by atoms with van der Waals surface area (Å²) < 4.78 is 10.4. The fraction of sp³-hybridized carbons (Fsp3) is 0.250. The molecule has 27 heavy (non-hydrogen) atoms. The number of amides is 1. The van der Waals surface area contributed by atoms with Crippen LogP contribution in [-0.2, 0) is 16.1 Å². The van der Waals surface area contributed by atoms with E-state index in [1.165, 1.54) is 24.5 Å². The van der Waals surface area contributed by atoms with Crippen molar-refractivity contribution in [2.45, 2.75) is 34.3 Å². The van der Waals surface area contributed by atoms with Gasteiger partial charge >= 0.3 is 5.97 Å². The molecular weight excluding hydrogens is 364 g/mol. The molecule has 6 nitrogen and oxygen atoms in total. The number of esters is 1. The van der Waals surface area contributed by atoms with Gasteiger partial charge in [0, 0.05) is 12.3 Å². The molecule has 0 unspecified atom stereocenters. The maximum absolute atomic E-state index is 12.2. The maximum Gasteiger partial charge on any atom is 0.342 e. The van der Waals surface area contributed by atoms with Crippen molar-refractivity contribution in [3.63, 3.8) is 0 Å². The highest BCUT2D eigenvalue weighted by molar-refractivity contribution is 7.14. The topological polar surface area (TPSA) is 72.6 Å². The van der Waals surface area contributed by atoms with Crippen molar-refractivity contribution in [2.75, 3.05) is 4.90 Å². The molecule has 2 heterocycles. The zero-order valence-corrected chi connectivity index (χ0v) is 16.4. The minimum atomic E-state index is -0.464. The van der Waals surface area contributed by atoms with Crippen LogP contribution in [0.1, 0.15) is 39.9 Å². The fourth-order valence-corrected chi connectivity index (χ4v) is 3.44. The van der Waals surface area contributed by atoms with E-state index in [-0.39, 0.29) is 12.5 Å². The van der Waals surface area contributed by atoms with Crippen LogP contribution in [0, 0.1) is 20.8 Å². The van der Waals surface area contributed by atoms with Gasteiger partial charge in [-0.05, 0) is 50.1 Å². The fourth-order valence-electron chi connectivity index (χ4n) is 2.57. The molecule has 0 spiro atoms. The molecule has 1 amide bonds. The van der Waals surface area contributed by atoms with Crippen LogP contribution in [0.15, 0.2) is 40.3 Å². The van der Waals surface area contributed by atoms with Crippen molar-refractivity contribution in [1.82, 2.24) is 4.98 Å². The molecule has 7 heteroatoms. The monoisotopic (exact) mass is 384 g/mol. The summed E-state index contributed by atoms with van der Waals surface area (Å²) in [5.74, 6) is -0.0879. The Morgan fingerprint density at radius 1 is 1.19 bits per heavy atom. The van der Waals surface area contributed by atoms with Crippen molar-refractivity contribution < 1.29 is 18.7 Å². The predicted molar refractivity (Wildman–Crippen MR) is 103 cm³/mol. The molecule has 3 aromatic rings. The van der Waals surface area contributed by atoms with Crippen LogP contribution in [0.3, 0.4) is 0 Å². The molecule has 140 valence electrons. The van der Waals surface area contributed by atoms with E-state index < -0.39 is 5.97 Å². The average molecular weight is 384 g/mol. The molecular formula is C20H20N2O4S. The predicted octanol–water partition coefficient (Wildman–Crippen LogP) is 4.70. The summed E-state index contributed by atoms with van der Waals surface area (Å²) in [5.41, 5.74) is 3.99. The van der Waals surface area contributed by atoms with E-state index in [0.29, 0.717) is 22.1 Å². The second-order valence-electron chi connectivity index (χ2n) is 6.21. The Bertz CT molecular complexity index is 990. The lowest BCUT2D eigenvalue weighted by Gasteiger charge is -2.19. The third kappa shape index (κ3) is 4.09. The van der Waals surface area contributed by atoms with E-state index in [2.05, 4.69) is 4.98 Å². The van der Waals surface area contributed by atoms with Crippen LogP contribution in [0.5, 0.6) is 0 Å². The van der Waals surface area contributed by atoms with E-state index in [1.807, 2.05) is 32.0 Å². The zero-order valence-electron chi connectivity index (χ0n) is 15.6. The number of hydrogen-bond acceptors (Lipinski definition) is 6. The number of benzene rings is 1. The molecule has 0 radical (unpaired) electrons. The van der Waals surface area contributed by atoms with Gasteiger partial charge in [-0.25, -0.2) is 9.78 Å². The summed E-state index contributed by atoms with van der Waals surface area (Å²) in [6.45, 7) is 7.25. The van der Waals surface area contributed by atoms with Gasteiger partial charge < -0.3 is 9.15 Å². The lowest BCUT2D eigenvalue weighted by Crippen LogP contribution is -2.22. The Kier molecular flexibility index (Phi) is 5.41. The van der Waals surface area contributed by atoms with Gasteiger partial charge in [0.05, 0.1) is 17.6 Å². The van der Waals surface area contributed by atoms with Crippen LogP contribution in [0.4, 0.5) is 10.8 Å². The number of hydrogen-bond donors (Lipinski definition) is 0. The number of aromatic nitrogens is 1. The third-order valence-corrected chi connectivity index (χ3v) is 5.10. The molecule has 0 atom stereocenters. The van der Waals surface area contributed by atoms with Crippen molar-refractivity contribution in [1.29, 1.82) is 0 Å². The smallest absolute Gasteiger partial charge is 0.342 e. The molecule has 0 aliphatic heterocycles. The van der Waals surface area contributed by atoms with Crippen molar-refractivity contribution in [2.24, 2.45) is 0 Å². The van der Waals surface area contributed by atoms with Crippen LogP contribution >= 0.6 is 11.3 Å². The Hall–Kier alpha value is -2.93. The Balaban J connectivity index is 1.76. The van der Waals surface area contributed by atoms with Gasteiger partial charge in [-0.1, -0.05) is 6.07 Å². The van der Waals surface area contributed by atoms with Gasteiger partial charge in [0.2, 0.25) is 5.91 Å². The lowest BCUT2D eigenvalue weighted by molar-refractivity contribution is -0.115. The maximum atomic E-state index is 12.2. The van der Waals surface area contributed by atoms with Gasteiger partial charge in [-0.3, -0.25) is 9.69 Å². The van der Waals surface area contributed by atoms with Crippen LogP contribution in [0.25, 0.3) is 0 Å². The van der Waals surface area contributed by atoms with Crippen molar-refractivity contribution in [3.8, 4) is 0 Å². The summed E-state index contributed by atoms with van der Waals surface area (Å²) in [5, 5.41) is 2.32. The number of ether oxygens (including phenoxy) is 1. The summed E-state index contributed by atoms with van der Waals surface area (Å²) in [7, 11) is 0. The lowest BCUT2D eigenvalue weighted by atomic mass is 10.1. The normalized spacial score (nSPS) is 10.7. The first-order chi connectivity index (χ1) is 12.9. The van der Waals surface area contributed by atoms with Crippen LogP contribution in [-0.4, -0.2) is 16.9 Å². The van der Waals surface area contributed by atoms with Gasteiger partial charge in [-0.2, -0.15) is 0 Å². The number of furan rings is 1. The van der Waals surface area contributed by atoms with Crippen molar-refractivity contribution >= 4 is 34.0 Å². The molecule has 1 aromatic carbocycles. The summed E-state index contributed by atoms with van der Waals surface area (Å²) in [6.07, 6.45) is 1.45. The SMILES string of the molecule is CC(=O)N(c1ccc(C)c(C)c1)c1nc(COC(=O)c2ccoc2C)cs1. The van der Waals surface area contributed by atoms with Gasteiger partial charge in [0.15, 0.2) is 5.13 Å². The molecule has 0 N–H and O–H groups in total. The minimum absolute atomic E-state index is 0.0264. The highest BCUT2D eigenvalue weighted by Crippen LogP contribution is 2.30. The molecule has 2 aromatic heterocycles. The van der Waals surface area contributed by atoms with Gasteiger partial charge in [0.25, 0.3) is 0 Å². The highest BCUT2D eigenvalue weighted by atomic mass is 32.1. The zero-order chi connectivity index (χ0) is 19.6. The first-order valence-electron chi connectivity index (χ1n) is 8.40. The van der Waals surface area contributed by atoms with E-state index >= 15 is 0 Å². The second-order valence-corrected chi connectivity index (χ2v) is 7.05. The molecule has 0 fully saturated rings. The number of carbonyl (C=O) groups excluding carboxylic acids is 2. The average Bonchev–Trinajstić information content (AvgIpc) is 3.25. The van der Waals surface area contributed by atoms with Gasteiger partial charge in [0.1, 0.15) is 17.9 Å². The Morgan fingerprint density at radius 3 is 2.59 bits per heavy atom. The minimum Gasteiger partial charge on any atom is -0.469 e. The third-order valence-electron chi connectivity index (χ3n) is 4.22. The van der Waals surface area contributed by atoms with E-state index in [1.54, 1.807) is 23.3 Å². The number of thiazole rings is 1. The van der Waals surface area contributed by atoms with E-state index in [4.69, 9.17) is 9.15 Å². The Morgan fingerprint density at radius 2 is 1.96 bits per heavy atom. The van der Waals surface area contributed by atoms with Crippen LogP contribution in [0.2, 0.25) is 0 Å². The number of nitrogens with zero attached hydrogens (tertiary/aromatic N) is 2. The largest absolute Gasteiger partial charge is 0.469 e. The summed E-state index contributed by atoms with van der Waals surface area (Å²) in [6, 6.07) is 7.40. The summed E-state index contributed by atoms with van der Waals surface area (Å²) >= 11 is 1.33. The van der Waals surface area contributed by atoms with Crippen LogP contribution < -0.4 is 4.90 Å². The quantitative estimate of drug-likeness (QED) is 0.596. The highest BCUT2D eigenvalue weighted by Gasteiger charge is 2.19. The number of aryl methyl sites for hydroxylation is 3. The first kappa shape index (κ1) is 18.8. The standard InChI is InChI=1S/C20H20N2O4S/c1-12-5-6-17(9-13(12)2)22(15(4)23)20-21-16(11-27-20)10-26-19(24)18-7-8-25-14(18)3/h5-9,11H,10H2,1-4H3. The molecule has 0 saturated heterocycles. The first-order valence-corrected chi connectivity index (χ1v) is 9.28. The molecule has 0 saturated carbocycles. The molecule has 3 rings (SSSR count). The second kappa shape index (κ2) is 7.75. The Labute approximate surface area is 161 Å². The molecule has 0 bridgehead atoms. The van der Waals surface area contributed by atoms with Crippen molar-refractivity contribution in [3.05, 3.63) is 64.1 Å². The molecule has 0 aliphatic carbocycles.